The molecule has 0 fully saturated rings. The molecule has 1 aromatic carbocycles. The molecule has 0 aliphatic carbocycles. The summed E-state index contributed by atoms with van der Waals surface area (Å²) in [4.78, 5) is 22.2. The summed E-state index contributed by atoms with van der Waals surface area (Å²) in [6.07, 6.45) is -4.90. The smallest absolute Gasteiger partial charge is 0.405 e. The van der Waals surface area contributed by atoms with Crippen molar-refractivity contribution in [1.82, 2.24) is 0 Å². The molecule has 0 atom stereocenters. The van der Waals surface area contributed by atoms with E-state index in [0.717, 1.165) is 6.07 Å². The summed E-state index contributed by atoms with van der Waals surface area (Å²) in [6.45, 7) is 0. The number of ketones is 1. The zero-order valence-corrected chi connectivity index (χ0v) is 7.59. The number of carbonyl (C=O) groups is 2. The molecule has 1 amide bonds. The lowest BCUT2D eigenvalue weighted by molar-refractivity contribution is -0.274. The molecular formula is C9H4F3NO3. The van der Waals surface area contributed by atoms with Gasteiger partial charge in [-0.25, -0.2) is 0 Å². The van der Waals surface area contributed by atoms with Gasteiger partial charge in [-0.1, -0.05) is 6.07 Å². The largest absolute Gasteiger partial charge is 0.573 e. The van der Waals surface area contributed by atoms with E-state index in [1.807, 2.05) is 0 Å². The molecule has 2 rings (SSSR count). The lowest BCUT2D eigenvalue weighted by Gasteiger charge is -2.10. The maximum Gasteiger partial charge on any atom is 0.573 e. The number of ether oxygens (including phenoxy) is 1. The van der Waals surface area contributed by atoms with Crippen LogP contribution in [-0.4, -0.2) is 18.1 Å². The fraction of sp³-hybridized carbons (Fsp3) is 0.111. The Kier molecular flexibility index (Phi) is 2.11. The maximum absolute atomic E-state index is 12.0. The van der Waals surface area contributed by atoms with Crippen LogP contribution < -0.4 is 10.1 Å². The van der Waals surface area contributed by atoms with Gasteiger partial charge in [-0.3, -0.25) is 9.59 Å². The van der Waals surface area contributed by atoms with Crippen molar-refractivity contribution in [1.29, 1.82) is 0 Å². The number of hydrogen-bond acceptors (Lipinski definition) is 3. The van der Waals surface area contributed by atoms with Crippen LogP contribution in [0.5, 0.6) is 5.75 Å². The predicted octanol–water partition coefficient (Wildman–Crippen LogP) is 1.72. The molecule has 0 aromatic heterocycles. The maximum atomic E-state index is 12.0. The van der Waals surface area contributed by atoms with Gasteiger partial charge in [0.15, 0.2) is 0 Å². The molecule has 0 bridgehead atoms. The number of anilines is 1. The van der Waals surface area contributed by atoms with Crippen LogP contribution in [0.2, 0.25) is 0 Å². The highest BCUT2D eigenvalue weighted by Crippen LogP contribution is 2.34. The fourth-order valence-electron chi connectivity index (χ4n) is 1.37. The summed E-state index contributed by atoms with van der Waals surface area (Å²) >= 11 is 0. The lowest BCUT2D eigenvalue weighted by atomic mass is 10.1. The van der Waals surface area contributed by atoms with E-state index in [1.165, 1.54) is 12.1 Å². The summed E-state index contributed by atoms with van der Waals surface area (Å²) in [7, 11) is 0. The summed E-state index contributed by atoms with van der Waals surface area (Å²) in [6, 6.07) is 3.55. The quantitative estimate of drug-likeness (QED) is 0.748. The van der Waals surface area contributed by atoms with Crippen LogP contribution in [0, 0.1) is 0 Å². The molecule has 1 heterocycles. The van der Waals surface area contributed by atoms with E-state index < -0.39 is 23.8 Å². The van der Waals surface area contributed by atoms with Crippen LogP contribution >= 0.6 is 0 Å². The Morgan fingerprint density at radius 1 is 1.19 bits per heavy atom. The van der Waals surface area contributed by atoms with Gasteiger partial charge < -0.3 is 10.1 Å². The topological polar surface area (TPSA) is 55.4 Å². The van der Waals surface area contributed by atoms with Gasteiger partial charge in [0.05, 0.1) is 11.3 Å². The summed E-state index contributed by atoms with van der Waals surface area (Å²) in [5.41, 5.74) is -0.360. The van der Waals surface area contributed by atoms with Crippen LogP contribution in [0.3, 0.4) is 0 Å². The van der Waals surface area contributed by atoms with E-state index >= 15 is 0 Å². The Hall–Kier alpha value is -2.05. The molecule has 0 radical (unpaired) electrons. The number of Topliss-reactive ketones (excluding diaryl/α,β-unsaturated/α-hetero) is 1. The van der Waals surface area contributed by atoms with Crippen LogP contribution in [0.4, 0.5) is 18.9 Å². The van der Waals surface area contributed by atoms with Gasteiger partial charge in [-0.2, -0.15) is 0 Å². The number of amides is 1. The van der Waals surface area contributed by atoms with E-state index in [-0.39, 0.29) is 11.3 Å². The number of fused-ring (bicyclic) bond motifs is 1. The molecule has 0 saturated carbocycles. The third-order valence-corrected chi connectivity index (χ3v) is 1.93. The van der Waals surface area contributed by atoms with Gasteiger partial charge in [0, 0.05) is 0 Å². The van der Waals surface area contributed by atoms with Crippen LogP contribution in [0.15, 0.2) is 18.2 Å². The molecule has 84 valence electrons. The Morgan fingerprint density at radius 2 is 1.88 bits per heavy atom. The second-order valence-corrected chi connectivity index (χ2v) is 3.01. The number of benzene rings is 1. The molecule has 0 unspecified atom stereocenters. The molecule has 7 heteroatoms. The van der Waals surface area contributed by atoms with E-state index in [2.05, 4.69) is 10.1 Å². The molecule has 1 aliphatic heterocycles. The molecule has 1 aliphatic rings. The summed E-state index contributed by atoms with van der Waals surface area (Å²) in [5, 5.41) is 2.14. The van der Waals surface area contributed by atoms with Crippen molar-refractivity contribution in [3.63, 3.8) is 0 Å². The average molecular weight is 231 g/mol. The first kappa shape index (κ1) is 10.5. The van der Waals surface area contributed by atoms with Gasteiger partial charge in [0.2, 0.25) is 0 Å². The molecule has 1 N–H and O–H groups in total. The van der Waals surface area contributed by atoms with Crippen molar-refractivity contribution in [2.75, 3.05) is 5.32 Å². The first-order chi connectivity index (χ1) is 7.38. The molecular weight excluding hydrogens is 227 g/mol. The molecule has 4 nitrogen and oxygen atoms in total. The zero-order valence-electron chi connectivity index (χ0n) is 7.59. The van der Waals surface area contributed by atoms with Crippen molar-refractivity contribution >= 4 is 17.4 Å². The number of alkyl halides is 3. The summed E-state index contributed by atoms with van der Waals surface area (Å²) in [5.74, 6) is -2.67. The highest BCUT2D eigenvalue weighted by atomic mass is 19.4. The monoisotopic (exact) mass is 231 g/mol. The van der Waals surface area contributed by atoms with Crippen LogP contribution in [-0.2, 0) is 4.79 Å². The molecule has 0 saturated heterocycles. The Morgan fingerprint density at radius 3 is 2.50 bits per heavy atom. The SMILES string of the molecule is O=C1Nc2cccc(OC(F)(F)F)c2C1=O. The van der Waals surface area contributed by atoms with Gasteiger partial charge in [-0.15, -0.1) is 13.2 Å². The molecule has 0 spiro atoms. The first-order valence-corrected chi connectivity index (χ1v) is 4.13. The van der Waals surface area contributed by atoms with Crippen molar-refractivity contribution in [3.8, 4) is 5.75 Å². The zero-order chi connectivity index (χ0) is 11.9. The highest BCUT2D eigenvalue weighted by molar-refractivity contribution is 6.52. The van der Waals surface area contributed by atoms with E-state index in [1.54, 1.807) is 0 Å². The van der Waals surface area contributed by atoms with Crippen molar-refractivity contribution in [2.45, 2.75) is 6.36 Å². The number of carbonyl (C=O) groups excluding carboxylic acids is 2. The van der Waals surface area contributed by atoms with Crippen molar-refractivity contribution in [3.05, 3.63) is 23.8 Å². The summed E-state index contributed by atoms with van der Waals surface area (Å²) < 4.78 is 39.6. The van der Waals surface area contributed by atoms with Crippen LogP contribution in [0.1, 0.15) is 10.4 Å². The second kappa shape index (κ2) is 3.22. The Labute approximate surface area is 87.0 Å². The van der Waals surface area contributed by atoms with Crippen molar-refractivity contribution < 1.29 is 27.5 Å². The number of nitrogens with one attached hydrogen (secondary N) is 1. The number of rotatable bonds is 1. The lowest BCUT2D eigenvalue weighted by Crippen LogP contribution is -2.19. The van der Waals surface area contributed by atoms with Gasteiger partial charge in [0.25, 0.3) is 11.7 Å². The van der Waals surface area contributed by atoms with Gasteiger partial charge in [-0.05, 0) is 12.1 Å². The van der Waals surface area contributed by atoms with E-state index in [4.69, 9.17) is 0 Å². The van der Waals surface area contributed by atoms with Crippen molar-refractivity contribution in [2.24, 2.45) is 0 Å². The minimum atomic E-state index is -4.90. The normalized spacial score (nSPS) is 14.7. The second-order valence-electron chi connectivity index (χ2n) is 3.01. The number of hydrogen-bond donors (Lipinski definition) is 1. The molecule has 16 heavy (non-hydrogen) atoms. The van der Waals surface area contributed by atoms with E-state index in [9.17, 15) is 22.8 Å². The van der Waals surface area contributed by atoms with E-state index in [0.29, 0.717) is 0 Å². The Balaban J connectivity index is 2.47. The molecule has 1 aromatic rings. The average Bonchev–Trinajstić information content (AvgIpc) is 2.41. The predicted molar refractivity (Wildman–Crippen MR) is 46.1 cm³/mol. The fourth-order valence-corrected chi connectivity index (χ4v) is 1.37. The minimum absolute atomic E-state index is 0.0248. The first-order valence-electron chi connectivity index (χ1n) is 4.13. The minimum Gasteiger partial charge on any atom is -0.405 e. The number of halogens is 3. The van der Waals surface area contributed by atoms with Crippen LogP contribution in [0.25, 0.3) is 0 Å². The van der Waals surface area contributed by atoms with Gasteiger partial charge in [0.1, 0.15) is 5.75 Å². The third-order valence-electron chi connectivity index (χ3n) is 1.93. The standard InChI is InChI=1S/C9H4F3NO3/c10-9(11,12)16-5-3-1-2-4-6(5)7(14)8(15)13-4/h1-3H,(H,13,14,15). The highest BCUT2D eigenvalue weighted by Gasteiger charge is 2.37. The third kappa shape index (κ3) is 1.71. The van der Waals surface area contributed by atoms with Gasteiger partial charge >= 0.3 is 6.36 Å². The Bertz CT molecular complexity index is 481.